The van der Waals surface area contributed by atoms with Crippen LogP contribution in [0.5, 0.6) is 6.01 Å². The van der Waals surface area contributed by atoms with Crippen LogP contribution >= 0.6 is 23.2 Å². The molecule has 1 heterocycles. The fraction of sp³-hybridized carbons (Fsp3) is 0.250. The van der Waals surface area contributed by atoms with Gasteiger partial charge in [-0.2, -0.15) is 4.98 Å². The third-order valence-corrected chi connectivity index (χ3v) is 1.76. The second kappa shape index (κ2) is 5.02. The molecule has 6 heteroatoms. The summed E-state index contributed by atoms with van der Waals surface area (Å²) in [4.78, 5) is 7.81. The standard InChI is InChI=1S/C8H9Cl2N3O/c1-5(9)3-11-7-6(10)4-12-8(13-7)14-2/h4H,1,3H2,2H3,(H,11,12,13). The van der Waals surface area contributed by atoms with Gasteiger partial charge in [-0.05, 0) is 0 Å². The normalized spacial score (nSPS) is 9.64. The Kier molecular flexibility index (Phi) is 3.98. The molecule has 0 atom stereocenters. The van der Waals surface area contributed by atoms with Crippen molar-refractivity contribution in [1.29, 1.82) is 0 Å². The van der Waals surface area contributed by atoms with Gasteiger partial charge in [0.2, 0.25) is 0 Å². The van der Waals surface area contributed by atoms with E-state index in [1.807, 2.05) is 0 Å². The number of aromatic nitrogens is 2. The second-order valence-electron chi connectivity index (χ2n) is 2.42. The number of rotatable bonds is 4. The van der Waals surface area contributed by atoms with E-state index >= 15 is 0 Å². The molecule has 0 bridgehead atoms. The van der Waals surface area contributed by atoms with Crippen molar-refractivity contribution in [3.63, 3.8) is 0 Å². The number of hydrogen-bond acceptors (Lipinski definition) is 4. The van der Waals surface area contributed by atoms with E-state index in [2.05, 4.69) is 21.9 Å². The highest BCUT2D eigenvalue weighted by Crippen LogP contribution is 2.20. The van der Waals surface area contributed by atoms with Crippen molar-refractivity contribution in [2.45, 2.75) is 0 Å². The van der Waals surface area contributed by atoms with Gasteiger partial charge in [-0.15, -0.1) is 0 Å². The number of halogens is 2. The maximum absolute atomic E-state index is 5.82. The molecule has 1 rings (SSSR count). The lowest BCUT2D eigenvalue weighted by atomic mass is 10.5. The molecule has 0 saturated carbocycles. The van der Waals surface area contributed by atoms with Crippen LogP contribution in [0.1, 0.15) is 0 Å². The van der Waals surface area contributed by atoms with E-state index in [-0.39, 0.29) is 6.01 Å². The fourth-order valence-corrected chi connectivity index (χ4v) is 0.978. The Balaban J connectivity index is 2.78. The number of nitrogens with zero attached hydrogens (tertiary/aromatic N) is 2. The lowest BCUT2D eigenvalue weighted by molar-refractivity contribution is 0.380. The number of hydrogen-bond donors (Lipinski definition) is 1. The molecule has 0 unspecified atom stereocenters. The summed E-state index contributed by atoms with van der Waals surface area (Å²) in [5.41, 5.74) is 0. The quantitative estimate of drug-likeness (QED) is 0.868. The third-order valence-electron chi connectivity index (χ3n) is 1.35. The molecule has 1 aromatic rings. The van der Waals surface area contributed by atoms with E-state index in [1.54, 1.807) is 0 Å². The molecular formula is C8H9Cl2N3O. The first-order valence-corrected chi connectivity index (χ1v) is 4.52. The first kappa shape index (κ1) is 11.1. The van der Waals surface area contributed by atoms with Crippen LogP contribution in [-0.2, 0) is 0 Å². The number of anilines is 1. The summed E-state index contributed by atoms with van der Waals surface area (Å²) in [6, 6.07) is 0.247. The van der Waals surface area contributed by atoms with E-state index in [0.29, 0.717) is 22.4 Å². The van der Waals surface area contributed by atoms with Crippen molar-refractivity contribution in [2.75, 3.05) is 19.0 Å². The minimum Gasteiger partial charge on any atom is -0.467 e. The lowest BCUT2D eigenvalue weighted by Gasteiger charge is -2.06. The molecule has 0 aliphatic heterocycles. The van der Waals surface area contributed by atoms with Crippen molar-refractivity contribution in [3.8, 4) is 6.01 Å². The van der Waals surface area contributed by atoms with Crippen LogP contribution in [0.2, 0.25) is 5.02 Å². The van der Waals surface area contributed by atoms with E-state index in [4.69, 9.17) is 27.9 Å². The predicted octanol–water partition coefficient (Wildman–Crippen LogP) is 2.30. The Hall–Kier alpha value is -1.00. The average Bonchev–Trinajstić information content (AvgIpc) is 2.16. The van der Waals surface area contributed by atoms with Crippen LogP contribution in [-0.4, -0.2) is 23.6 Å². The van der Waals surface area contributed by atoms with Gasteiger partial charge >= 0.3 is 6.01 Å². The monoisotopic (exact) mass is 233 g/mol. The van der Waals surface area contributed by atoms with Gasteiger partial charge in [-0.1, -0.05) is 29.8 Å². The van der Waals surface area contributed by atoms with Gasteiger partial charge in [0.25, 0.3) is 0 Å². The zero-order chi connectivity index (χ0) is 10.6. The Morgan fingerprint density at radius 2 is 2.43 bits per heavy atom. The highest BCUT2D eigenvalue weighted by atomic mass is 35.5. The Labute approximate surface area is 91.9 Å². The topological polar surface area (TPSA) is 47.0 Å². The van der Waals surface area contributed by atoms with Crippen molar-refractivity contribution in [3.05, 3.63) is 22.8 Å². The van der Waals surface area contributed by atoms with E-state index in [1.165, 1.54) is 13.3 Å². The van der Waals surface area contributed by atoms with Gasteiger partial charge < -0.3 is 10.1 Å². The van der Waals surface area contributed by atoms with Crippen LogP contribution in [0.4, 0.5) is 5.82 Å². The molecule has 0 aromatic carbocycles. The molecule has 0 amide bonds. The zero-order valence-electron chi connectivity index (χ0n) is 7.55. The molecular weight excluding hydrogens is 225 g/mol. The van der Waals surface area contributed by atoms with E-state index in [0.717, 1.165) is 0 Å². The van der Waals surface area contributed by atoms with Crippen LogP contribution in [0, 0.1) is 0 Å². The molecule has 4 nitrogen and oxygen atoms in total. The molecule has 14 heavy (non-hydrogen) atoms. The van der Waals surface area contributed by atoms with Gasteiger partial charge in [0.1, 0.15) is 5.02 Å². The first-order chi connectivity index (χ1) is 6.63. The summed E-state index contributed by atoms with van der Waals surface area (Å²) >= 11 is 11.4. The second-order valence-corrected chi connectivity index (χ2v) is 3.37. The Morgan fingerprint density at radius 3 is 3.00 bits per heavy atom. The lowest BCUT2D eigenvalue weighted by Crippen LogP contribution is -2.05. The molecule has 0 radical (unpaired) electrons. The fourth-order valence-electron chi connectivity index (χ4n) is 0.753. The minimum atomic E-state index is 0.247. The maximum atomic E-state index is 5.82. The number of ether oxygens (including phenoxy) is 1. The van der Waals surface area contributed by atoms with Crippen molar-refractivity contribution in [1.82, 2.24) is 9.97 Å². The largest absolute Gasteiger partial charge is 0.467 e. The van der Waals surface area contributed by atoms with Crippen LogP contribution in [0.3, 0.4) is 0 Å². The molecule has 0 fully saturated rings. The summed E-state index contributed by atoms with van der Waals surface area (Å²) in [5.74, 6) is 0.473. The highest BCUT2D eigenvalue weighted by Gasteiger charge is 2.04. The SMILES string of the molecule is C=C(Cl)CNc1nc(OC)ncc1Cl. The van der Waals surface area contributed by atoms with Gasteiger partial charge in [0.05, 0.1) is 19.9 Å². The van der Waals surface area contributed by atoms with Crippen molar-refractivity contribution >= 4 is 29.0 Å². The molecule has 1 N–H and O–H groups in total. The summed E-state index contributed by atoms with van der Waals surface area (Å²) < 4.78 is 4.84. The number of methoxy groups -OCH3 is 1. The molecule has 0 aliphatic carbocycles. The predicted molar refractivity (Wildman–Crippen MR) is 57.1 cm³/mol. The van der Waals surface area contributed by atoms with Gasteiger partial charge in [0.15, 0.2) is 5.82 Å². The average molecular weight is 234 g/mol. The first-order valence-electron chi connectivity index (χ1n) is 3.77. The number of nitrogens with one attached hydrogen (secondary N) is 1. The summed E-state index contributed by atoms with van der Waals surface area (Å²) in [6.45, 7) is 3.92. The molecule has 0 spiro atoms. The van der Waals surface area contributed by atoms with E-state index in [9.17, 15) is 0 Å². The maximum Gasteiger partial charge on any atom is 0.318 e. The van der Waals surface area contributed by atoms with Crippen molar-refractivity contribution in [2.24, 2.45) is 0 Å². The van der Waals surface area contributed by atoms with Crippen LogP contribution in [0.15, 0.2) is 17.8 Å². The molecule has 0 aliphatic rings. The highest BCUT2D eigenvalue weighted by molar-refractivity contribution is 6.33. The third kappa shape index (κ3) is 3.05. The molecule has 1 aromatic heterocycles. The molecule has 76 valence electrons. The summed E-state index contributed by atoms with van der Waals surface area (Å²) in [6.07, 6.45) is 1.45. The van der Waals surface area contributed by atoms with Crippen LogP contribution < -0.4 is 10.1 Å². The summed E-state index contributed by atoms with van der Waals surface area (Å²) in [7, 11) is 1.48. The molecule has 0 saturated heterocycles. The van der Waals surface area contributed by atoms with Gasteiger partial charge in [-0.3, -0.25) is 0 Å². The van der Waals surface area contributed by atoms with Gasteiger partial charge in [-0.25, -0.2) is 4.98 Å². The smallest absolute Gasteiger partial charge is 0.318 e. The summed E-state index contributed by atoms with van der Waals surface area (Å²) in [5, 5.41) is 3.77. The Morgan fingerprint density at radius 1 is 1.71 bits per heavy atom. The Bertz CT molecular complexity index is 343. The van der Waals surface area contributed by atoms with Crippen LogP contribution in [0.25, 0.3) is 0 Å². The van der Waals surface area contributed by atoms with Gasteiger partial charge in [0, 0.05) is 5.03 Å². The van der Waals surface area contributed by atoms with E-state index < -0.39 is 0 Å². The zero-order valence-corrected chi connectivity index (χ0v) is 9.06. The van der Waals surface area contributed by atoms with Crippen molar-refractivity contribution < 1.29 is 4.74 Å². The minimum absolute atomic E-state index is 0.247.